The van der Waals surface area contributed by atoms with Gasteiger partial charge in [0.25, 0.3) is 0 Å². The van der Waals surface area contributed by atoms with Crippen LogP contribution < -0.4 is 0 Å². The summed E-state index contributed by atoms with van der Waals surface area (Å²) in [6.07, 6.45) is 0. The van der Waals surface area contributed by atoms with E-state index in [0.29, 0.717) is 5.82 Å². The zero-order valence-electron chi connectivity index (χ0n) is 27.6. The maximum absolute atomic E-state index is 5.27. The molecule has 8 aromatic carbocycles. The molecule has 0 aliphatic carbocycles. The number of aromatic nitrogens is 2. The Kier molecular flexibility index (Phi) is 7.04. The van der Waals surface area contributed by atoms with Crippen LogP contribution in [0.1, 0.15) is 0 Å². The van der Waals surface area contributed by atoms with Gasteiger partial charge in [-0.15, -0.1) is 11.3 Å². The summed E-state index contributed by atoms with van der Waals surface area (Å²) in [5.41, 5.74) is 9.77. The van der Waals surface area contributed by atoms with Gasteiger partial charge in [0.15, 0.2) is 5.82 Å². The van der Waals surface area contributed by atoms with Crippen molar-refractivity contribution in [1.29, 1.82) is 0 Å². The number of thiophene rings is 1. The Bertz CT molecular complexity index is 2910. The molecule has 0 aliphatic rings. The molecule has 10 rings (SSSR count). The van der Waals surface area contributed by atoms with E-state index in [1.54, 1.807) is 0 Å². The van der Waals surface area contributed by atoms with Gasteiger partial charge in [0.2, 0.25) is 0 Å². The Morgan fingerprint density at radius 3 is 1.80 bits per heavy atom. The van der Waals surface area contributed by atoms with E-state index in [2.05, 4.69) is 164 Å². The molecule has 0 N–H and O–H groups in total. The molecule has 0 unspecified atom stereocenters. The monoisotopic (exact) mass is 666 g/mol. The van der Waals surface area contributed by atoms with E-state index in [1.807, 2.05) is 29.5 Å². The van der Waals surface area contributed by atoms with Gasteiger partial charge in [-0.25, -0.2) is 9.97 Å². The molecule has 2 heterocycles. The van der Waals surface area contributed by atoms with Gasteiger partial charge in [0, 0.05) is 36.9 Å². The van der Waals surface area contributed by atoms with Crippen molar-refractivity contribution in [2.24, 2.45) is 0 Å². The summed E-state index contributed by atoms with van der Waals surface area (Å²) < 4.78 is 2.66. The van der Waals surface area contributed by atoms with Crippen LogP contribution in [-0.2, 0) is 0 Å². The van der Waals surface area contributed by atoms with E-state index >= 15 is 0 Å². The molecule has 0 saturated carbocycles. The molecule has 0 spiro atoms. The zero-order valence-corrected chi connectivity index (χ0v) is 28.4. The Morgan fingerprint density at radius 1 is 0.353 bits per heavy atom. The first-order valence-electron chi connectivity index (χ1n) is 17.2. The van der Waals surface area contributed by atoms with Crippen molar-refractivity contribution in [3.8, 4) is 56.2 Å². The number of hydrogen-bond acceptors (Lipinski definition) is 3. The Balaban J connectivity index is 1.14. The molecular formula is C48H30N2S. The Labute approximate surface area is 300 Å². The van der Waals surface area contributed by atoms with Crippen LogP contribution in [0.2, 0.25) is 0 Å². The van der Waals surface area contributed by atoms with Crippen LogP contribution in [-0.4, -0.2) is 9.97 Å². The van der Waals surface area contributed by atoms with Gasteiger partial charge < -0.3 is 0 Å². The summed E-state index contributed by atoms with van der Waals surface area (Å²) in [5, 5.41) is 7.37. The number of benzene rings is 8. The van der Waals surface area contributed by atoms with E-state index in [-0.39, 0.29) is 0 Å². The second-order valence-electron chi connectivity index (χ2n) is 13.0. The number of nitrogens with zero attached hydrogens (tertiary/aromatic N) is 2. The summed E-state index contributed by atoms with van der Waals surface area (Å²) in [4.78, 5) is 10.5. The van der Waals surface area contributed by atoms with Crippen molar-refractivity contribution in [1.82, 2.24) is 9.97 Å². The molecular weight excluding hydrogens is 637 g/mol. The largest absolute Gasteiger partial charge is 0.228 e. The first-order chi connectivity index (χ1) is 25.3. The summed E-state index contributed by atoms with van der Waals surface area (Å²) >= 11 is 1.87. The SMILES string of the molecule is c1ccc(-c2nc(-c3ccc4cc(-c5cccc6c5sc5ccccc56)ccc4c3)cc(-c3c(-c4ccccc4)ccc4ccccc34)n2)cc1. The average Bonchev–Trinajstić information content (AvgIpc) is 3.59. The van der Waals surface area contributed by atoms with Crippen molar-refractivity contribution in [3.05, 3.63) is 182 Å². The summed E-state index contributed by atoms with van der Waals surface area (Å²) in [7, 11) is 0. The molecule has 0 amide bonds. The van der Waals surface area contributed by atoms with Crippen molar-refractivity contribution in [2.75, 3.05) is 0 Å². The lowest BCUT2D eigenvalue weighted by Gasteiger charge is -2.16. The topological polar surface area (TPSA) is 25.8 Å². The standard InChI is InChI=1S/C48H30N2S/c1-3-12-31(13-4-1)39-27-26-32-14-7-8-17-38(32)46(39)44-30-43(49-48(50-44)33-15-5-2-6-16-33)37-25-23-34-28-36(24-22-35(34)29-37)40-19-11-20-42-41-18-9-10-21-45(41)51-47(40)42/h1-30H. The zero-order chi connectivity index (χ0) is 33.7. The number of hydrogen-bond donors (Lipinski definition) is 0. The van der Waals surface area contributed by atoms with Crippen LogP contribution in [0.3, 0.4) is 0 Å². The minimum atomic E-state index is 0.710. The second kappa shape index (κ2) is 12.2. The third kappa shape index (κ3) is 5.18. The van der Waals surface area contributed by atoms with Gasteiger partial charge >= 0.3 is 0 Å². The van der Waals surface area contributed by atoms with Crippen LogP contribution in [0.25, 0.3) is 97.9 Å². The molecule has 0 fully saturated rings. The third-order valence-corrected chi connectivity index (χ3v) is 11.1. The molecule has 0 aliphatic heterocycles. The van der Waals surface area contributed by atoms with Crippen molar-refractivity contribution < 1.29 is 0 Å². The van der Waals surface area contributed by atoms with Crippen molar-refractivity contribution in [3.63, 3.8) is 0 Å². The Morgan fingerprint density at radius 2 is 0.980 bits per heavy atom. The quantitative estimate of drug-likeness (QED) is 0.183. The molecule has 2 nitrogen and oxygen atoms in total. The summed E-state index contributed by atoms with van der Waals surface area (Å²) in [5.74, 6) is 0.710. The highest BCUT2D eigenvalue weighted by molar-refractivity contribution is 7.26. The molecule has 0 radical (unpaired) electrons. The maximum Gasteiger partial charge on any atom is 0.160 e. The smallest absolute Gasteiger partial charge is 0.160 e. The van der Waals surface area contributed by atoms with E-state index in [0.717, 1.165) is 39.2 Å². The maximum atomic E-state index is 5.27. The fourth-order valence-corrected chi connectivity index (χ4v) is 8.63. The normalized spacial score (nSPS) is 11.5. The lowest BCUT2D eigenvalue weighted by Crippen LogP contribution is -1.98. The van der Waals surface area contributed by atoms with Crippen LogP contribution >= 0.6 is 11.3 Å². The van der Waals surface area contributed by atoms with Crippen LogP contribution in [0.5, 0.6) is 0 Å². The predicted octanol–water partition coefficient (Wildman–Crippen LogP) is 13.5. The highest BCUT2D eigenvalue weighted by Gasteiger charge is 2.18. The van der Waals surface area contributed by atoms with E-state index in [1.165, 1.54) is 52.8 Å². The van der Waals surface area contributed by atoms with Crippen LogP contribution in [0.4, 0.5) is 0 Å². The van der Waals surface area contributed by atoms with E-state index in [9.17, 15) is 0 Å². The highest BCUT2D eigenvalue weighted by atomic mass is 32.1. The lowest BCUT2D eigenvalue weighted by molar-refractivity contribution is 1.19. The first-order valence-corrected chi connectivity index (χ1v) is 18.1. The first kappa shape index (κ1) is 29.5. The third-order valence-electron chi connectivity index (χ3n) is 9.88. The van der Waals surface area contributed by atoms with Crippen molar-refractivity contribution >= 4 is 53.1 Å². The minimum Gasteiger partial charge on any atom is -0.228 e. The van der Waals surface area contributed by atoms with Gasteiger partial charge in [-0.3, -0.25) is 0 Å². The molecule has 0 atom stereocenters. The van der Waals surface area contributed by atoms with Gasteiger partial charge in [-0.2, -0.15) is 0 Å². The summed E-state index contributed by atoms with van der Waals surface area (Å²) in [6, 6.07) is 65.0. The van der Waals surface area contributed by atoms with Gasteiger partial charge in [0.05, 0.1) is 11.4 Å². The molecule has 10 aromatic rings. The van der Waals surface area contributed by atoms with Gasteiger partial charge in [-0.1, -0.05) is 158 Å². The molecule has 0 saturated heterocycles. The summed E-state index contributed by atoms with van der Waals surface area (Å²) in [6.45, 7) is 0. The average molecular weight is 667 g/mol. The van der Waals surface area contributed by atoms with Gasteiger partial charge in [0.1, 0.15) is 0 Å². The van der Waals surface area contributed by atoms with Crippen LogP contribution in [0, 0.1) is 0 Å². The fraction of sp³-hybridized carbons (Fsp3) is 0. The lowest BCUT2D eigenvalue weighted by atomic mass is 9.91. The van der Waals surface area contributed by atoms with Crippen LogP contribution in [0.15, 0.2) is 182 Å². The van der Waals surface area contributed by atoms with E-state index in [4.69, 9.17) is 9.97 Å². The fourth-order valence-electron chi connectivity index (χ4n) is 7.39. The molecule has 51 heavy (non-hydrogen) atoms. The molecule has 238 valence electrons. The predicted molar refractivity (Wildman–Crippen MR) is 217 cm³/mol. The Hall–Kier alpha value is -6.42. The highest BCUT2D eigenvalue weighted by Crippen LogP contribution is 2.42. The molecule has 0 bridgehead atoms. The molecule has 2 aromatic heterocycles. The number of rotatable bonds is 5. The minimum absolute atomic E-state index is 0.710. The van der Waals surface area contributed by atoms with Crippen molar-refractivity contribution in [2.45, 2.75) is 0 Å². The second-order valence-corrected chi connectivity index (χ2v) is 14.0. The molecule has 3 heteroatoms. The van der Waals surface area contributed by atoms with E-state index < -0.39 is 0 Å². The number of fused-ring (bicyclic) bond motifs is 5. The van der Waals surface area contributed by atoms with Gasteiger partial charge in [-0.05, 0) is 68.1 Å².